The molecule has 6 heteroatoms. The number of carbonyl (C=O) groups is 1. The minimum absolute atomic E-state index is 0.156. The van der Waals surface area contributed by atoms with E-state index < -0.39 is 0 Å². The van der Waals surface area contributed by atoms with E-state index in [-0.39, 0.29) is 11.9 Å². The minimum Gasteiger partial charge on any atom is -0.497 e. The number of rotatable bonds is 6. The number of benzene rings is 2. The molecule has 1 atom stereocenters. The van der Waals surface area contributed by atoms with E-state index >= 15 is 0 Å². The van der Waals surface area contributed by atoms with E-state index in [1.165, 1.54) is 0 Å². The molecule has 0 saturated carbocycles. The van der Waals surface area contributed by atoms with Crippen LogP contribution in [0.15, 0.2) is 54.7 Å². The third-order valence-corrected chi connectivity index (χ3v) is 4.46. The van der Waals surface area contributed by atoms with Crippen molar-refractivity contribution >= 4 is 5.91 Å². The molecule has 1 aromatic heterocycles. The third kappa shape index (κ3) is 3.95. The highest BCUT2D eigenvalue weighted by Crippen LogP contribution is 2.29. The molecule has 2 aromatic carbocycles. The van der Waals surface area contributed by atoms with Gasteiger partial charge in [-0.25, -0.2) is 4.68 Å². The van der Waals surface area contributed by atoms with Gasteiger partial charge >= 0.3 is 0 Å². The van der Waals surface area contributed by atoms with Crippen LogP contribution in [-0.4, -0.2) is 29.9 Å². The van der Waals surface area contributed by atoms with Crippen LogP contribution in [0.1, 0.15) is 34.6 Å². The van der Waals surface area contributed by atoms with E-state index in [0.717, 1.165) is 16.9 Å². The van der Waals surface area contributed by atoms with Gasteiger partial charge in [-0.1, -0.05) is 0 Å². The van der Waals surface area contributed by atoms with Crippen LogP contribution in [0.3, 0.4) is 0 Å². The molecule has 3 rings (SSSR count). The molecule has 0 radical (unpaired) electrons. The van der Waals surface area contributed by atoms with Crippen molar-refractivity contribution in [3.05, 3.63) is 71.5 Å². The predicted molar refractivity (Wildman–Crippen MR) is 104 cm³/mol. The standard InChI is InChI=1S/C21H23N3O3/c1-14-11-12-22-24(14)17-7-5-16(6-8-17)21(25)23-15(2)19-13-18(26-3)9-10-20(19)27-4/h5-13,15H,1-4H3,(H,23,25)/t15-/m0/s1. The summed E-state index contributed by atoms with van der Waals surface area (Å²) in [5, 5.41) is 7.28. The Balaban J connectivity index is 1.76. The molecule has 1 amide bonds. The van der Waals surface area contributed by atoms with E-state index in [0.29, 0.717) is 17.1 Å². The molecule has 0 saturated heterocycles. The summed E-state index contributed by atoms with van der Waals surface area (Å²) in [6.07, 6.45) is 1.75. The lowest BCUT2D eigenvalue weighted by Crippen LogP contribution is -2.27. The lowest BCUT2D eigenvalue weighted by atomic mass is 10.1. The highest BCUT2D eigenvalue weighted by molar-refractivity contribution is 5.94. The van der Waals surface area contributed by atoms with Crippen LogP contribution >= 0.6 is 0 Å². The fraction of sp³-hybridized carbons (Fsp3) is 0.238. The van der Waals surface area contributed by atoms with Gasteiger partial charge in [0.2, 0.25) is 0 Å². The monoisotopic (exact) mass is 365 g/mol. The second kappa shape index (κ2) is 7.95. The Morgan fingerprint density at radius 1 is 1.07 bits per heavy atom. The number of amides is 1. The van der Waals surface area contributed by atoms with Crippen molar-refractivity contribution < 1.29 is 14.3 Å². The number of aromatic nitrogens is 2. The lowest BCUT2D eigenvalue weighted by molar-refractivity contribution is 0.0939. The van der Waals surface area contributed by atoms with Crippen molar-refractivity contribution in [3.63, 3.8) is 0 Å². The van der Waals surface area contributed by atoms with Gasteiger partial charge in [0.05, 0.1) is 25.9 Å². The summed E-state index contributed by atoms with van der Waals surface area (Å²) in [7, 11) is 3.22. The number of hydrogen-bond acceptors (Lipinski definition) is 4. The van der Waals surface area contributed by atoms with Crippen LogP contribution in [0.2, 0.25) is 0 Å². The lowest BCUT2D eigenvalue weighted by Gasteiger charge is -2.18. The highest BCUT2D eigenvalue weighted by Gasteiger charge is 2.16. The van der Waals surface area contributed by atoms with Gasteiger partial charge in [0.25, 0.3) is 5.91 Å². The summed E-state index contributed by atoms with van der Waals surface area (Å²) in [5.41, 5.74) is 3.38. The van der Waals surface area contributed by atoms with Crippen LogP contribution in [0, 0.1) is 6.92 Å². The largest absolute Gasteiger partial charge is 0.497 e. The van der Waals surface area contributed by atoms with Gasteiger partial charge in [-0.3, -0.25) is 4.79 Å². The zero-order chi connectivity index (χ0) is 19.4. The van der Waals surface area contributed by atoms with E-state index in [4.69, 9.17) is 9.47 Å². The first-order valence-corrected chi connectivity index (χ1v) is 8.67. The maximum atomic E-state index is 12.6. The zero-order valence-electron chi connectivity index (χ0n) is 15.9. The van der Waals surface area contributed by atoms with Gasteiger partial charge in [-0.2, -0.15) is 5.10 Å². The Bertz CT molecular complexity index is 932. The van der Waals surface area contributed by atoms with Gasteiger partial charge in [0.15, 0.2) is 0 Å². The zero-order valence-corrected chi connectivity index (χ0v) is 15.9. The van der Waals surface area contributed by atoms with Crippen LogP contribution in [0.25, 0.3) is 5.69 Å². The molecule has 0 unspecified atom stereocenters. The van der Waals surface area contributed by atoms with Crippen molar-refractivity contribution in [2.24, 2.45) is 0 Å². The molecule has 3 aromatic rings. The topological polar surface area (TPSA) is 65.4 Å². The normalized spacial score (nSPS) is 11.7. The summed E-state index contributed by atoms with van der Waals surface area (Å²) in [5.74, 6) is 1.26. The average molecular weight is 365 g/mol. The smallest absolute Gasteiger partial charge is 0.251 e. The number of carbonyl (C=O) groups excluding carboxylic acids is 1. The minimum atomic E-state index is -0.240. The van der Waals surface area contributed by atoms with Crippen LogP contribution < -0.4 is 14.8 Å². The van der Waals surface area contributed by atoms with E-state index in [9.17, 15) is 4.79 Å². The molecule has 6 nitrogen and oxygen atoms in total. The number of hydrogen-bond donors (Lipinski definition) is 1. The van der Waals surface area contributed by atoms with Crippen LogP contribution in [0.5, 0.6) is 11.5 Å². The Morgan fingerprint density at radius 3 is 2.41 bits per heavy atom. The number of nitrogens with one attached hydrogen (secondary N) is 1. The fourth-order valence-corrected chi connectivity index (χ4v) is 2.93. The van der Waals surface area contributed by atoms with Gasteiger partial charge in [0.1, 0.15) is 11.5 Å². The third-order valence-electron chi connectivity index (χ3n) is 4.46. The number of nitrogens with zero attached hydrogens (tertiary/aromatic N) is 2. The molecule has 1 N–H and O–H groups in total. The van der Waals surface area contributed by atoms with Gasteiger partial charge < -0.3 is 14.8 Å². The highest BCUT2D eigenvalue weighted by atomic mass is 16.5. The molecule has 0 aliphatic carbocycles. The first-order valence-electron chi connectivity index (χ1n) is 8.67. The molecular formula is C21H23N3O3. The van der Waals surface area contributed by atoms with E-state index in [1.807, 2.05) is 54.9 Å². The van der Waals surface area contributed by atoms with Crippen molar-refractivity contribution in [2.75, 3.05) is 14.2 Å². The maximum absolute atomic E-state index is 12.6. The quantitative estimate of drug-likeness (QED) is 0.724. The second-order valence-electron chi connectivity index (χ2n) is 6.23. The first-order chi connectivity index (χ1) is 13.0. The average Bonchev–Trinajstić information content (AvgIpc) is 3.13. The molecule has 0 fully saturated rings. The summed E-state index contributed by atoms with van der Waals surface area (Å²) >= 11 is 0. The summed E-state index contributed by atoms with van der Waals surface area (Å²) in [6.45, 7) is 3.90. The molecule has 140 valence electrons. The summed E-state index contributed by atoms with van der Waals surface area (Å²) < 4.78 is 12.5. The SMILES string of the molecule is COc1ccc(OC)c([C@H](C)NC(=O)c2ccc(-n3nccc3C)cc2)c1. The van der Waals surface area contributed by atoms with E-state index in [2.05, 4.69) is 10.4 Å². The van der Waals surface area contributed by atoms with Crippen molar-refractivity contribution in [1.29, 1.82) is 0 Å². The van der Waals surface area contributed by atoms with Crippen molar-refractivity contribution in [3.8, 4) is 17.2 Å². The molecular weight excluding hydrogens is 342 g/mol. The number of ether oxygens (including phenoxy) is 2. The van der Waals surface area contributed by atoms with E-state index in [1.54, 1.807) is 32.5 Å². The van der Waals surface area contributed by atoms with Gasteiger partial charge in [0, 0.05) is 23.0 Å². The molecule has 0 spiro atoms. The Kier molecular flexibility index (Phi) is 5.45. The Labute approximate surface area is 158 Å². The predicted octanol–water partition coefficient (Wildman–Crippen LogP) is 3.69. The molecule has 0 aliphatic rings. The fourth-order valence-electron chi connectivity index (χ4n) is 2.93. The maximum Gasteiger partial charge on any atom is 0.251 e. The van der Waals surface area contributed by atoms with Crippen molar-refractivity contribution in [2.45, 2.75) is 19.9 Å². The first kappa shape index (κ1) is 18.5. The Hall–Kier alpha value is -3.28. The Morgan fingerprint density at radius 2 is 1.81 bits per heavy atom. The number of methoxy groups -OCH3 is 2. The van der Waals surface area contributed by atoms with Crippen LogP contribution in [0.4, 0.5) is 0 Å². The van der Waals surface area contributed by atoms with Crippen molar-refractivity contribution in [1.82, 2.24) is 15.1 Å². The van der Waals surface area contributed by atoms with Gasteiger partial charge in [-0.05, 0) is 62.4 Å². The molecule has 0 bridgehead atoms. The van der Waals surface area contributed by atoms with Crippen LogP contribution in [-0.2, 0) is 0 Å². The second-order valence-corrected chi connectivity index (χ2v) is 6.23. The van der Waals surface area contributed by atoms with Gasteiger partial charge in [-0.15, -0.1) is 0 Å². The molecule has 1 heterocycles. The molecule has 0 aliphatic heterocycles. The molecule has 27 heavy (non-hydrogen) atoms. The summed E-state index contributed by atoms with van der Waals surface area (Å²) in [4.78, 5) is 12.6. The summed E-state index contributed by atoms with van der Waals surface area (Å²) in [6, 6.07) is 14.6. The number of aryl methyl sites for hydroxylation is 1.